The Morgan fingerprint density at radius 3 is 3.08 bits per heavy atom. The number of hydrogen-bond donors (Lipinski definition) is 1. The van der Waals surface area contributed by atoms with Gasteiger partial charge in [0.2, 0.25) is 0 Å². The molecule has 0 aliphatic rings. The third-order valence-corrected chi connectivity index (χ3v) is 1.51. The van der Waals surface area contributed by atoms with Gasteiger partial charge in [0.15, 0.2) is 0 Å². The van der Waals surface area contributed by atoms with Gasteiger partial charge in [-0.05, 0) is 18.6 Å². The molecular formula is C9H10N2O. The lowest BCUT2D eigenvalue weighted by atomic mass is 10.1. The van der Waals surface area contributed by atoms with Crippen LogP contribution in [0.5, 0.6) is 0 Å². The predicted molar refractivity (Wildman–Crippen MR) is 44.3 cm³/mol. The summed E-state index contributed by atoms with van der Waals surface area (Å²) in [5.41, 5.74) is 1.20. The maximum Gasteiger partial charge on any atom is 0.143 e. The molecule has 0 aliphatic heterocycles. The van der Waals surface area contributed by atoms with Gasteiger partial charge in [-0.25, -0.2) is 4.98 Å². The second-order valence-corrected chi connectivity index (χ2v) is 2.68. The van der Waals surface area contributed by atoms with Crippen LogP contribution in [0.4, 0.5) is 0 Å². The molecule has 12 heavy (non-hydrogen) atoms. The summed E-state index contributed by atoms with van der Waals surface area (Å²) in [7, 11) is 0. The van der Waals surface area contributed by atoms with E-state index in [0.29, 0.717) is 12.1 Å². The highest BCUT2D eigenvalue weighted by molar-refractivity contribution is 5.30. The lowest BCUT2D eigenvalue weighted by molar-refractivity contribution is 0.195. The van der Waals surface area contributed by atoms with E-state index in [2.05, 4.69) is 4.98 Å². The monoisotopic (exact) mass is 162 g/mol. The van der Waals surface area contributed by atoms with Crippen LogP contribution in [0.25, 0.3) is 0 Å². The third-order valence-electron chi connectivity index (χ3n) is 1.51. The number of nitriles is 1. The Morgan fingerprint density at radius 1 is 1.75 bits per heavy atom. The van der Waals surface area contributed by atoms with Gasteiger partial charge in [0.1, 0.15) is 11.8 Å². The van der Waals surface area contributed by atoms with Crippen molar-refractivity contribution in [2.75, 3.05) is 0 Å². The zero-order valence-corrected chi connectivity index (χ0v) is 6.86. The van der Waals surface area contributed by atoms with Crippen molar-refractivity contribution in [2.24, 2.45) is 0 Å². The van der Waals surface area contributed by atoms with E-state index in [0.717, 1.165) is 5.56 Å². The van der Waals surface area contributed by atoms with Crippen molar-refractivity contribution in [3.05, 3.63) is 29.6 Å². The molecule has 0 spiro atoms. The zero-order chi connectivity index (χ0) is 8.97. The second kappa shape index (κ2) is 3.84. The Morgan fingerprint density at radius 2 is 2.50 bits per heavy atom. The zero-order valence-electron chi connectivity index (χ0n) is 6.86. The van der Waals surface area contributed by atoms with Gasteiger partial charge in [0, 0.05) is 12.6 Å². The first-order chi connectivity index (χ1) is 5.74. The molecule has 0 saturated carbocycles. The van der Waals surface area contributed by atoms with E-state index in [1.807, 2.05) is 6.07 Å². The molecule has 62 valence electrons. The first kappa shape index (κ1) is 8.69. The van der Waals surface area contributed by atoms with Crippen LogP contribution >= 0.6 is 0 Å². The molecule has 1 aromatic rings. The molecule has 0 aromatic carbocycles. The molecule has 1 heterocycles. The Hall–Kier alpha value is -1.40. The van der Waals surface area contributed by atoms with E-state index in [1.54, 1.807) is 25.3 Å². The molecule has 1 rings (SSSR count). The van der Waals surface area contributed by atoms with Gasteiger partial charge in [-0.2, -0.15) is 5.26 Å². The Balaban J connectivity index is 2.91. The number of hydrogen-bond acceptors (Lipinski definition) is 3. The van der Waals surface area contributed by atoms with Gasteiger partial charge in [0.25, 0.3) is 0 Å². The normalized spacial score (nSPS) is 12.1. The van der Waals surface area contributed by atoms with E-state index < -0.39 is 6.10 Å². The Bertz CT molecular complexity index is 302. The molecule has 1 unspecified atom stereocenters. The van der Waals surface area contributed by atoms with E-state index in [9.17, 15) is 0 Å². The van der Waals surface area contributed by atoms with E-state index in [4.69, 9.17) is 10.4 Å². The maximum atomic E-state index is 9.09. The van der Waals surface area contributed by atoms with Crippen molar-refractivity contribution >= 4 is 0 Å². The minimum absolute atomic E-state index is 0.401. The van der Waals surface area contributed by atoms with Crippen LogP contribution in [0.15, 0.2) is 18.3 Å². The van der Waals surface area contributed by atoms with Gasteiger partial charge in [-0.1, -0.05) is 6.07 Å². The smallest absolute Gasteiger partial charge is 0.143 e. The van der Waals surface area contributed by atoms with Gasteiger partial charge in [-0.15, -0.1) is 0 Å². The second-order valence-electron chi connectivity index (χ2n) is 2.68. The van der Waals surface area contributed by atoms with Crippen LogP contribution in [-0.4, -0.2) is 16.2 Å². The standard InChI is InChI=1S/C9H10N2O/c1-7(12)5-8-3-2-4-11-9(8)6-10/h2-4,7,12H,5H2,1H3. The lowest BCUT2D eigenvalue weighted by Crippen LogP contribution is -2.06. The predicted octanol–water partition coefficient (Wildman–Crippen LogP) is 0.877. The van der Waals surface area contributed by atoms with Crippen molar-refractivity contribution in [1.82, 2.24) is 4.98 Å². The van der Waals surface area contributed by atoms with Crippen LogP contribution in [-0.2, 0) is 6.42 Å². The highest BCUT2D eigenvalue weighted by Crippen LogP contribution is 2.06. The van der Waals surface area contributed by atoms with Crippen LogP contribution in [0.1, 0.15) is 18.2 Å². The molecule has 0 aliphatic carbocycles. The van der Waals surface area contributed by atoms with E-state index in [1.165, 1.54) is 0 Å². The third kappa shape index (κ3) is 2.04. The van der Waals surface area contributed by atoms with Crippen LogP contribution in [0.3, 0.4) is 0 Å². The molecule has 0 fully saturated rings. The van der Waals surface area contributed by atoms with Gasteiger partial charge in [0.05, 0.1) is 6.10 Å². The minimum atomic E-state index is -0.429. The molecule has 3 heteroatoms. The fraction of sp³-hybridized carbons (Fsp3) is 0.333. The SMILES string of the molecule is CC(O)Cc1cccnc1C#N. The summed E-state index contributed by atoms with van der Waals surface area (Å²) in [5, 5.41) is 17.7. The topological polar surface area (TPSA) is 56.9 Å². The van der Waals surface area contributed by atoms with Crippen molar-refractivity contribution < 1.29 is 5.11 Å². The molecule has 0 saturated heterocycles. The van der Waals surface area contributed by atoms with Gasteiger partial charge >= 0.3 is 0 Å². The molecular weight excluding hydrogens is 152 g/mol. The summed E-state index contributed by atoms with van der Waals surface area (Å²) < 4.78 is 0. The highest BCUT2D eigenvalue weighted by atomic mass is 16.3. The average Bonchev–Trinajstić information content (AvgIpc) is 2.04. The largest absolute Gasteiger partial charge is 0.393 e. The number of aliphatic hydroxyl groups excluding tert-OH is 1. The summed E-state index contributed by atoms with van der Waals surface area (Å²) in [6.07, 6.45) is 1.63. The molecule has 3 nitrogen and oxygen atoms in total. The molecule has 1 aromatic heterocycles. The van der Waals surface area contributed by atoms with Gasteiger partial charge < -0.3 is 5.11 Å². The molecule has 0 amide bonds. The van der Waals surface area contributed by atoms with E-state index >= 15 is 0 Å². The first-order valence-electron chi connectivity index (χ1n) is 3.76. The quantitative estimate of drug-likeness (QED) is 0.702. The summed E-state index contributed by atoms with van der Waals surface area (Å²) in [5.74, 6) is 0. The molecule has 1 N–H and O–H groups in total. The Labute approximate surface area is 71.3 Å². The van der Waals surface area contributed by atoms with Gasteiger partial charge in [-0.3, -0.25) is 0 Å². The lowest BCUT2D eigenvalue weighted by Gasteiger charge is -2.04. The number of pyridine rings is 1. The molecule has 1 atom stereocenters. The number of nitrogens with zero attached hydrogens (tertiary/aromatic N) is 2. The maximum absolute atomic E-state index is 9.09. The van der Waals surface area contributed by atoms with Crippen molar-refractivity contribution in [1.29, 1.82) is 5.26 Å². The molecule has 0 bridgehead atoms. The summed E-state index contributed by atoms with van der Waals surface area (Å²) in [6.45, 7) is 1.69. The van der Waals surface area contributed by atoms with Crippen molar-refractivity contribution in [2.45, 2.75) is 19.4 Å². The number of aliphatic hydroxyl groups is 1. The Kier molecular flexibility index (Phi) is 2.78. The summed E-state index contributed by atoms with van der Waals surface area (Å²) in [6, 6.07) is 5.54. The molecule has 0 radical (unpaired) electrons. The minimum Gasteiger partial charge on any atom is -0.393 e. The summed E-state index contributed by atoms with van der Waals surface area (Å²) >= 11 is 0. The number of aromatic nitrogens is 1. The fourth-order valence-corrected chi connectivity index (χ4v) is 1.02. The van der Waals surface area contributed by atoms with Crippen LogP contribution in [0, 0.1) is 11.3 Å². The average molecular weight is 162 g/mol. The fourth-order valence-electron chi connectivity index (χ4n) is 1.02. The highest BCUT2D eigenvalue weighted by Gasteiger charge is 2.04. The first-order valence-corrected chi connectivity index (χ1v) is 3.76. The number of rotatable bonds is 2. The van der Waals surface area contributed by atoms with Crippen LogP contribution < -0.4 is 0 Å². The van der Waals surface area contributed by atoms with E-state index in [-0.39, 0.29) is 0 Å². The summed E-state index contributed by atoms with van der Waals surface area (Å²) in [4.78, 5) is 3.88. The van der Waals surface area contributed by atoms with Crippen molar-refractivity contribution in [3.8, 4) is 6.07 Å². The van der Waals surface area contributed by atoms with Crippen LogP contribution in [0.2, 0.25) is 0 Å². The van der Waals surface area contributed by atoms with Crippen molar-refractivity contribution in [3.63, 3.8) is 0 Å².